The maximum Gasteiger partial charge on any atom is 0.309 e. The molecule has 1 heterocycles. The minimum atomic E-state index is -0.907. The normalized spacial score (nSPS) is 15.9. The number of carbonyl (C=O) groups is 3. The standard InChI is InChI=1S/C18H23BrN4O3S.ClH/c1-11(2)10-14(20-16(25)12-4-6-13(19)7-5-12)15(24)17(26)21-22-18-23(3)8-9-27-18;/h4-7,11,14H,8-10H2,1-3H3,(H,20,25)(H,21,26);1H/t14-;/m0./s1. The monoisotopic (exact) mass is 490 g/mol. The molecule has 0 bridgehead atoms. The number of hydrogen-bond acceptors (Lipinski definition) is 5. The molecule has 2 amide bonds. The average molecular weight is 492 g/mol. The molecular weight excluding hydrogens is 468 g/mol. The Bertz CT molecular complexity index is 743. The van der Waals surface area contributed by atoms with Crippen LogP contribution in [0.2, 0.25) is 0 Å². The van der Waals surface area contributed by atoms with Gasteiger partial charge in [-0.1, -0.05) is 41.5 Å². The number of Topliss-reactive ketones (excluding diaryl/α,β-unsaturated/α-hetero) is 1. The molecule has 0 unspecified atom stereocenters. The van der Waals surface area contributed by atoms with Crippen LogP contribution < -0.4 is 10.7 Å². The molecule has 0 aliphatic carbocycles. The van der Waals surface area contributed by atoms with Crippen LogP contribution in [0.5, 0.6) is 0 Å². The third-order valence-electron chi connectivity index (χ3n) is 3.90. The molecule has 0 saturated carbocycles. The molecule has 1 fully saturated rings. The van der Waals surface area contributed by atoms with Crippen molar-refractivity contribution in [3.63, 3.8) is 0 Å². The van der Waals surface area contributed by atoms with Gasteiger partial charge in [0.25, 0.3) is 5.91 Å². The summed E-state index contributed by atoms with van der Waals surface area (Å²) in [5.74, 6) is -0.918. The van der Waals surface area contributed by atoms with Crippen LogP contribution in [0.15, 0.2) is 33.8 Å². The van der Waals surface area contributed by atoms with Gasteiger partial charge in [-0.25, -0.2) is 5.43 Å². The summed E-state index contributed by atoms with van der Waals surface area (Å²) in [6, 6.07) is 5.88. The summed E-state index contributed by atoms with van der Waals surface area (Å²) < 4.78 is 0.849. The first kappa shape index (κ1) is 24.5. The molecule has 10 heteroatoms. The Labute approximate surface area is 183 Å². The first-order chi connectivity index (χ1) is 12.8. The zero-order chi connectivity index (χ0) is 20.0. The molecule has 2 rings (SSSR count). The number of hydrazone groups is 1. The molecule has 28 heavy (non-hydrogen) atoms. The fraction of sp³-hybridized carbons (Fsp3) is 0.444. The highest BCUT2D eigenvalue weighted by Gasteiger charge is 2.28. The van der Waals surface area contributed by atoms with Crippen molar-refractivity contribution in [3.05, 3.63) is 34.3 Å². The van der Waals surface area contributed by atoms with Gasteiger partial charge in [0.1, 0.15) is 0 Å². The first-order valence-corrected chi connectivity index (χ1v) is 10.4. The largest absolute Gasteiger partial charge is 0.352 e. The maximum atomic E-state index is 12.6. The van der Waals surface area contributed by atoms with E-state index in [1.807, 2.05) is 25.8 Å². The number of rotatable bonds is 7. The van der Waals surface area contributed by atoms with Gasteiger partial charge in [-0.05, 0) is 36.6 Å². The smallest absolute Gasteiger partial charge is 0.309 e. The SMILES string of the molecule is CC(C)C[C@H](NC(=O)c1ccc(Br)cc1)C(=O)C(=O)NN=C1SCCN1C.Cl. The van der Waals surface area contributed by atoms with Gasteiger partial charge >= 0.3 is 5.91 Å². The number of nitrogens with zero attached hydrogens (tertiary/aromatic N) is 2. The van der Waals surface area contributed by atoms with Crippen molar-refractivity contribution in [2.75, 3.05) is 19.3 Å². The van der Waals surface area contributed by atoms with E-state index in [0.29, 0.717) is 17.2 Å². The Morgan fingerprint density at radius 2 is 1.89 bits per heavy atom. The molecule has 1 aliphatic rings. The predicted octanol–water partition coefficient (Wildman–Crippen LogP) is 2.65. The Hall–Kier alpha value is -1.58. The summed E-state index contributed by atoms with van der Waals surface area (Å²) in [4.78, 5) is 39.1. The van der Waals surface area contributed by atoms with Crippen molar-refractivity contribution in [1.29, 1.82) is 0 Å². The van der Waals surface area contributed by atoms with Gasteiger partial charge in [-0.15, -0.1) is 17.5 Å². The number of hydrogen-bond donors (Lipinski definition) is 2. The maximum absolute atomic E-state index is 12.6. The lowest BCUT2D eigenvalue weighted by Crippen LogP contribution is -2.47. The third-order valence-corrected chi connectivity index (χ3v) is 5.47. The highest BCUT2D eigenvalue weighted by atomic mass is 79.9. The van der Waals surface area contributed by atoms with E-state index in [4.69, 9.17) is 0 Å². The van der Waals surface area contributed by atoms with Crippen molar-refractivity contribution in [2.24, 2.45) is 11.0 Å². The summed E-state index contributed by atoms with van der Waals surface area (Å²) in [6.07, 6.45) is 0.361. The number of carbonyl (C=O) groups excluding carboxylic acids is 3. The Morgan fingerprint density at radius 1 is 1.25 bits per heavy atom. The van der Waals surface area contributed by atoms with E-state index in [1.165, 1.54) is 11.8 Å². The Kier molecular flexibility index (Phi) is 9.98. The van der Waals surface area contributed by atoms with Crippen molar-refractivity contribution >= 4 is 62.9 Å². The number of nitrogens with one attached hydrogen (secondary N) is 2. The summed E-state index contributed by atoms with van der Waals surface area (Å²) in [6.45, 7) is 4.69. The van der Waals surface area contributed by atoms with Crippen molar-refractivity contribution in [2.45, 2.75) is 26.3 Å². The molecule has 7 nitrogen and oxygen atoms in total. The Balaban J connectivity index is 0.00000392. The lowest BCUT2D eigenvalue weighted by Gasteiger charge is -2.19. The second kappa shape index (κ2) is 11.4. The topological polar surface area (TPSA) is 90.9 Å². The molecule has 0 spiro atoms. The quantitative estimate of drug-likeness (QED) is 0.452. The van der Waals surface area contributed by atoms with Crippen LogP contribution in [-0.2, 0) is 9.59 Å². The van der Waals surface area contributed by atoms with E-state index in [9.17, 15) is 14.4 Å². The van der Waals surface area contributed by atoms with Gasteiger partial charge in [0.05, 0.1) is 6.04 Å². The minimum absolute atomic E-state index is 0. The number of benzene rings is 1. The number of amidine groups is 1. The average Bonchev–Trinajstić information content (AvgIpc) is 3.03. The third kappa shape index (κ3) is 7.10. The first-order valence-electron chi connectivity index (χ1n) is 8.60. The highest BCUT2D eigenvalue weighted by molar-refractivity contribution is 9.10. The number of amides is 2. The zero-order valence-corrected chi connectivity index (χ0v) is 19.1. The summed E-state index contributed by atoms with van der Waals surface area (Å²) in [5.41, 5.74) is 2.73. The molecule has 0 radical (unpaired) electrons. The fourth-order valence-electron chi connectivity index (χ4n) is 2.46. The second-order valence-corrected chi connectivity index (χ2v) is 8.61. The lowest BCUT2D eigenvalue weighted by atomic mass is 9.99. The number of ketones is 1. The van der Waals surface area contributed by atoms with E-state index in [1.54, 1.807) is 24.3 Å². The summed E-state index contributed by atoms with van der Waals surface area (Å²) in [7, 11) is 1.87. The van der Waals surface area contributed by atoms with Gasteiger partial charge in [0.15, 0.2) is 5.17 Å². The van der Waals surface area contributed by atoms with Gasteiger partial charge < -0.3 is 10.2 Å². The van der Waals surface area contributed by atoms with E-state index in [-0.39, 0.29) is 18.3 Å². The van der Waals surface area contributed by atoms with Crippen molar-refractivity contribution in [1.82, 2.24) is 15.6 Å². The lowest BCUT2D eigenvalue weighted by molar-refractivity contribution is -0.139. The molecule has 1 aromatic rings. The molecule has 1 aromatic carbocycles. The van der Waals surface area contributed by atoms with Crippen molar-refractivity contribution in [3.8, 4) is 0 Å². The van der Waals surface area contributed by atoms with Crippen LogP contribution in [0.25, 0.3) is 0 Å². The van der Waals surface area contributed by atoms with Gasteiger partial charge in [0.2, 0.25) is 5.78 Å². The summed E-state index contributed by atoms with van der Waals surface area (Å²) >= 11 is 4.82. The van der Waals surface area contributed by atoms with Crippen LogP contribution in [0.4, 0.5) is 0 Å². The minimum Gasteiger partial charge on any atom is -0.352 e. The van der Waals surface area contributed by atoms with Gasteiger partial charge in [-0.3, -0.25) is 14.4 Å². The molecule has 1 atom stereocenters. The molecule has 2 N–H and O–H groups in total. The van der Waals surface area contributed by atoms with Gasteiger partial charge in [0, 0.05) is 29.4 Å². The molecule has 1 aliphatic heterocycles. The van der Waals surface area contributed by atoms with E-state index < -0.39 is 23.6 Å². The van der Waals surface area contributed by atoms with Crippen LogP contribution in [0.3, 0.4) is 0 Å². The van der Waals surface area contributed by atoms with Gasteiger partial charge in [-0.2, -0.15) is 0 Å². The van der Waals surface area contributed by atoms with E-state index in [0.717, 1.165) is 16.8 Å². The molecule has 1 saturated heterocycles. The zero-order valence-electron chi connectivity index (χ0n) is 15.9. The van der Waals surface area contributed by atoms with Crippen LogP contribution in [0, 0.1) is 5.92 Å². The molecule has 154 valence electrons. The molecule has 0 aromatic heterocycles. The second-order valence-electron chi connectivity index (χ2n) is 6.63. The van der Waals surface area contributed by atoms with E-state index >= 15 is 0 Å². The van der Waals surface area contributed by atoms with Crippen LogP contribution >= 0.6 is 40.1 Å². The summed E-state index contributed by atoms with van der Waals surface area (Å²) in [5, 5.41) is 7.34. The predicted molar refractivity (Wildman–Crippen MR) is 118 cm³/mol. The fourth-order valence-corrected chi connectivity index (χ4v) is 3.69. The van der Waals surface area contributed by atoms with Crippen LogP contribution in [0.1, 0.15) is 30.6 Å². The van der Waals surface area contributed by atoms with Crippen molar-refractivity contribution < 1.29 is 14.4 Å². The number of thioether (sulfide) groups is 1. The van der Waals surface area contributed by atoms with E-state index in [2.05, 4.69) is 31.8 Å². The van der Waals surface area contributed by atoms with Crippen LogP contribution in [-0.4, -0.2) is 53.1 Å². The molecular formula is C18H24BrClN4O3S. The number of halogens is 2. The highest BCUT2D eigenvalue weighted by Crippen LogP contribution is 2.15. The Morgan fingerprint density at radius 3 is 2.43 bits per heavy atom.